The number of hydrogen-bond donors (Lipinski definition) is 1. The molecule has 0 aliphatic heterocycles. The summed E-state index contributed by atoms with van der Waals surface area (Å²) in [4.78, 5) is 2.50. The highest BCUT2D eigenvalue weighted by Crippen LogP contribution is 2.29. The van der Waals surface area contributed by atoms with Crippen LogP contribution in [0.1, 0.15) is 61.8 Å². The fraction of sp³-hybridized carbons (Fsp3) is 0.684. The molecule has 118 valence electrons. The molecule has 1 atom stereocenters. The summed E-state index contributed by atoms with van der Waals surface area (Å²) >= 11 is 0. The number of rotatable bonds is 5. The first kappa shape index (κ1) is 16.5. The minimum atomic E-state index is 0.124. The molecule has 1 aromatic rings. The summed E-state index contributed by atoms with van der Waals surface area (Å²) in [7, 11) is 2.25. The molecule has 0 spiro atoms. The fourth-order valence-corrected chi connectivity index (χ4v) is 3.71. The van der Waals surface area contributed by atoms with Crippen LogP contribution in [-0.4, -0.2) is 24.5 Å². The van der Waals surface area contributed by atoms with E-state index in [1.165, 1.54) is 48.8 Å². The van der Waals surface area contributed by atoms with Gasteiger partial charge in [-0.15, -0.1) is 0 Å². The van der Waals surface area contributed by atoms with Crippen molar-refractivity contribution in [1.29, 1.82) is 0 Å². The zero-order valence-corrected chi connectivity index (χ0v) is 14.2. The van der Waals surface area contributed by atoms with E-state index in [2.05, 4.69) is 50.9 Å². The lowest BCUT2D eigenvalue weighted by molar-refractivity contribution is 0.156. The molecule has 2 N–H and O–H groups in total. The third-order valence-corrected chi connectivity index (χ3v) is 5.34. The molecule has 0 amide bonds. The Morgan fingerprint density at radius 3 is 2.48 bits per heavy atom. The van der Waals surface area contributed by atoms with Gasteiger partial charge >= 0.3 is 0 Å². The van der Waals surface area contributed by atoms with E-state index in [1.807, 2.05) is 0 Å². The van der Waals surface area contributed by atoms with Gasteiger partial charge in [-0.05, 0) is 63.6 Å². The van der Waals surface area contributed by atoms with Crippen molar-refractivity contribution in [1.82, 2.24) is 4.90 Å². The van der Waals surface area contributed by atoms with E-state index in [1.54, 1.807) is 0 Å². The normalized spacial score (nSPS) is 24.3. The Morgan fingerprint density at radius 1 is 1.19 bits per heavy atom. The van der Waals surface area contributed by atoms with Crippen LogP contribution in [0.2, 0.25) is 0 Å². The molecule has 0 heterocycles. The van der Waals surface area contributed by atoms with Crippen molar-refractivity contribution in [2.45, 2.75) is 65.0 Å². The highest BCUT2D eigenvalue weighted by Gasteiger charge is 2.24. The molecule has 1 aliphatic carbocycles. The minimum absolute atomic E-state index is 0.124. The molecule has 2 heteroatoms. The minimum Gasteiger partial charge on any atom is -0.323 e. The standard InChI is InChI=1S/C19H32N2/c1-5-16-8-10-17(11-9-16)21(4)13-19(20)18-12-14(2)6-7-15(18)3/h6-7,12,16-17,19H,5,8-11,13,20H2,1-4H3. The van der Waals surface area contributed by atoms with E-state index in [-0.39, 0.29) is 6.04 Å². The Hall–Kier alpha value is -0.860. The van der Waals surface area contributed by atoms with Gasteiger partial charge in [0, 0.05) is 18.6 Å². The molecule has 0 radical (unpaired) electrons. The van der Waals surface area contributed by atoms with Crippen LogP contribution >= 0.6 is 0 Å². The second-order valence-electron chi connectivity index (χ2n) is 6.99. The van der Waals surface area contributed by atoms with Crippen LogP contribution in [-0.2, 0) is 0 Å². The Kier molecular flexibility index (Phi) is 5.83. The maximum absolute atomic E-state index is 6.48. The van der Waals surface area contributed by atoms with E-state index in [4.69, 9.17) is 5.73 Å². The van der Waals surface area contributed by atoms with Gasteiger partial charge in [-0.25, -0.2) is 0 Å². The molecule has 0 saturated heterocycles. The predicted octanol–water partition coefficient (Wildman–Crippen LogP) is 4.20. The molecule has 2 nitrogen and oxygen atoms in total. The summed E-state index contributed by atoms with van der Waals surface area (Å²) < 4.78 is 0. The predicted molar refractivity (Wildman–Crippen MR) is 91.5 cm³/mol. The van der Waals surface area contributed by atoms with Crippen molar-refractivity contribution in [3.8, 4) is 0 Å². The topological polar surface area (TPSA) is 29.3 Å². The number of benzene rings is 1. The lowest BCUT2D eigenvalue weighted by atomic mass is 9.84. The van der Waals surface area contributed by atoms with Gasteiger partial charge in [-0.2, -0.15) is 0 Å². The van der Waals surface area contributed by atoms with Crippen LogP contribution in [0.4, 0.5) is 0 Å². The quantitative estimate of drug-likeness (QED) is 0.879. The summed E-state index contributed by atoms with van der Waals surface area (Å²) in [6.45, 7) is 7.60. The molecule has 0 bridgehead atoms. The van der Waals surface area contributed by atoms with Crippen molar-refractivity contribution < 1.29 is 0 Å². The highest BCUT2D eigenvalue weighted by molar-refractivity contribution is 5.33. The number of nitrogens with two attached hydrogens (primary N) is 1. The van der Waals surface area contributed by atoms with Crippen molar-refractivity contribution in [3.63, 3.8) is 0 Å². The monoisotopic (exact) mass is 288 g/mol. The van der Waals surface area contributed by atoms with Gasteiger partial charge in [0.05, 0.1) is 0 Å². The summed E-state index contributed by atoms with van der Waals surface area (Å²) in [6.07, 6.45) is 6.82. The summed E-state index contributed by atoms with van der Waals surface area (Å²) in [5, 5.41) is 0. The second kappa shape index (κ2) is 7.42. The van der Waals surface area contributed by atoms with Crippen molar-refractivity contribution in [2.24, 2.45) is 11.7 Å². The van der Waals surface area contributed by atoms with E-state index in [0.717, 1.165) is 18.5 Å². The largest absolute Gasteiger partial charge is 0.323 e. The zero-order chi connectivity index (χ0) is 15.4. The molecule has 21 heavy (non-hydrogen) atoms. The lowest BCUT2D eigenvalue weighted by Crippen LogP contribution is -2.39. The van der Waals surface area contributed by atoms with Crippen LogP contribution in [0.25, 0.3) is 0 Å². The number of hydrogen-bond acceptors (Lipinski definition) is 2. The van der Waals surface area contributed by atoms with Gasteiger partial charge in [0.2, 0.25) is 0 Å². The molecular formula is C19H32N2. The van der Waals surface area contributed by atoms with Crippen LogP contribution < -0.4 is 5.73 Å². The zero-order valence-electron chi connectivity index (χ0n) is 14.2. The molecule has 1 aromatic carbocycles. The molecule has 1 aliphatic rings. The van der Waals surface area contributed by atoms with Crippen LogP contribution in [0.5, 0.6) is 0 Å². The third-order valence-electron chi connectivity index (χ3n) is 5.34. The average molecular weight is 288 g/mol. The molecule has 2 rings (SSSR count). The first-order valence-electron chi connectivity index (χ1n) is 8.54. The maximum Gasteiger partial charge on any atom is 0.0426 e. The van der Waals surface area contributed by atoms with Gasteiger partial charge in [0.25, 0.3) is 0 Å². The van der Waals surface area contributed by atoms with Gasteiger partial charge in [0.1, 0.15) is 0 Å². The smallest absolute Gasteiger partial charge is 0.0426 e. The van der Waals surface area contributed by atoms with Crippen molar-refractivity contribution >= 4 is 0 Å². The van der Waals surface area contributed by atoms with Crippen LogP contribution in [0.3, 0.4) is 0 Å². The Bertz CT molecular complexity index is 447. The molecular weight excluding hydrogens is 256 g/mol. The highest BCUT2D eigenvalue weighted by atomic mass is 15.1. The second-order valence-corrected chi connectivity index (χ2v) is 6.99. The van der Waals surface area contributed by atoms with E-state index >= 15 is 0 Å². The van der Waals surface area contributed by atoms with E-state index < -0.39 is 0 Å². The lowest BCUT2D eigenvalue weighted by Gasteiger charge is -2.36. The van der Waals surface area contributed by atoms with Crippen LogP contribution in [0.15, 0.2) is 18.2 Å². The SMILES string of the molecule is CCC1CCC(N(C)CC(N)c2cc(C)ccc2C)CC1. The van der Waals surface area contributed by atoms with Gasteiger partial charge in [-0.3, -0.25) is 0 Å². The molecule has 1 fully saturated rings. The Labute approximate surface area is 130 Å². The average Bonchev–Trinajstić information content (AvgIpc) is 2.49. The van der Waals surface area contributed by atoms with Crippen molar-refractivity contribution in [2.75, 3.05) is 13.6 Å². The molecule has 0 aromatic heterocycles. The first-order chi connectivity index (χ1) is 10.0. The summed E-state index contributed by atoms with van der Waals surface area (Å²) in [5.74, 6) is 0.961. The molecule has 1 saturated carbocycles. The fourth-order valence-electron chi connectivity index (χ4n) is 3.71. The van der Waals surface area contributed by atoms with E-state index in [0.29, 0.717) is 0 Å². The molecule has 1 unspecified atom stereocenters. The first-order valence-corrected chi connectivity index (χ1v) is 8.54. The van der Waals surface area contributed by atoms with Crippen LogP contribution in [0, 0.1) is 19.8 Å². The van der Waals surface area contributed by atoms with Gasteiger partial charge in [-0.1, -0.05) is 37.1 Å². The summed E-state index contributed by atoms with van der Waals surface area (Å²) in [5.41, 5.74) is 10.4. The third kappa shape index (κ3) is 4.31. The van der Waals surface area contributed by atoms with Crippen molar-refractivity contribution in [3.05, 3.63) is 34.9 Å². The maximum atomic E-state index is 6.48. The number of likely N-dealkylation sites (N-methyl/N-ethyl adjacent to an activating group) is 1. The Balaban J connectivity index is 1.93. The summed E-state index contributed by atoms with van der Waals surface area (Å²) in [6, 6.07) is 7.46. The van der Waals surface area contributed by atoms with Gasteiger partial charge in [0.15, 0.2) is 0 Å². The number of aryl methyl sites for hydroxylation is 2. The Morgan fingerprint density at radius 2 is 1.86 bits per heavy atom. The van der Waals surface area contributed by atoms with Gasteiger partial charge < -0.3 is 10.6 Å². The van der Waals surface area contributed by atoms with E-state index in [9.17, 15) is 0 Å². The number of nitrogens with zero attached hydrogens (tertiary/aromatic N) is 1.